The molecule has 2 aliphatic rings. The monoisotopic (exact) mass is 553 g/mol. The molecule has 2 amide bonds. The van der Waals surface area contributed by atoms with E-state index in [0.29, 0.717) is 17.1 Å². The van der Waals surface area contributed by atoms with Gasteiger partial charge >= 0.3 is 0 Å². The average Bonchev–Trinajstić information content (AvgIpc) is 3.47. The minimum Gasteiger partial charge on any atom is -0.489 e. The molecule has 2 aliphatic heterocycles. The van der Waals surface area contributed by atoms with Crippen LogP contribution in [-0.4, -0.2) is 61.0 Å². The van der Waals surface area contributed by atoms with Crippen molar-refractivity contribution in [2.75, 3.05) is 48.8 Å². The number of ether oxygens (including phenoxy) is 1. The van der Waals surface area contributed by atoms with Gasteiger partial charge in [0.25, 0.3) is 11.8 Å². The number of pyridine rings is 1. The number of benzene rings is 2. The van der Waals surface area contributed by atoms with Crippen molar-refractivity contribution in [2.45, 2.75) is 31.8 Å². The van der Waals surface area contributed by atoms with Gasteiger partial charge in [-0.05, 0) is 75.2 Å². The van der Waals surface area contributed by atoms with E-state index in [1.54, 1.807) is 30.5 Å². The lowest BCUT2D eigenvalue weighted by Crippen LogP contribution is -2.36. The fourth-order valence-electron chi connectivity index (χ4n) is 4.87. The third-order valence-corrected chi connectivity index (χ3v) is 7.02. The number of anilines is 3. The molecule has 2 fully saturated rings. The number of halogens is 2. The molecule has 2 saturated heterocycles. The van der Waals surface area contributed by atoms with Gasteiger partial charge in [0.1, 0.15) is 23.5 Å². The van der Waals surface area contributed by atoms with E-state index >= 15 is 0 Å². The largest absolute Gasteiger partial charge is 0.489 e. The van der Waals surface area contributed by atoms with Crippen LogP contribution in [0.25, 0.3) is 0 Å². The number of hydrogen-bond donors (Lipinski definition) is 2. The Morgan fingerprint density at radius 3 is 2.38 bits per heavy atom. The molecule has 3 aromatic rings. The zero-order valence-corrected chi connectivity index (χ0v) is 22.7. The van der Waals surface area contributed by atoms with E-state index in [9.17, 15) is 14.0 Å². The Kier molecular flexibility index (Phi) is 9.37. The Balaban J connectivity index is 0.00000353. The first-order chi connectivity index (χ1) is 18.5. The number of aromatic nitrogens is 1. The van der Waals surface area contributed by atoms with Crippen molar-refractivity contribution in [3.05, 3.63) is 77.7 Å². The molecule has 39 heavy (non-hydrogen) atoms. The Hall–Kier alpha value is -3.69. The maximum absolute atomic E-state index is 14.1. The van der Waals surface area contributed by atoms with Crippen molar-refractivity contribution in [3.8, 4) is 5.75 Å². The van der Waals surface area contributed by atoms with Crippen molar-refractivity contribution in [1.82, 2.24) is 9.88 Å². The second-order valence-corrected chi connectivity index (χ2v) is 9.81. The van der Waals surface area contributed by atoms with Crippen LogP contribution in [-0.2, 0) is 0 Å². The molecule has 0 spiro atoms. The predicted molar refractivity (Wildman–Crippen MR) is 153 cm³/mol. The van der Waals surface area contributed by atoms with Crippen molar-refractivity contribution in [1.29, 1.82) is 0 Å². The molecule has 2 N–H and O–H groups in total. The molecule has 10 heteroatoms. The van der Waals surface area contributed by atoms with Gasteiger partial charge in [0.05, 0.1) is 16.8 Å². The number of nitrogens with one attached hydrogen (secondary N) is 2. The van der Waals surface area contributed by atoms with Crippen LogP contribution in [0.5, 0.6) is 5.75 Å². The van der Waals surface area contributed by atoms with Gasteiger partial charge in [0.15, 0.2) is 0 Å². The van der Waals surface area contributed by atoms with Crippen LogP contribution < -0.4 is 20.3 Å². The maximum atomic E-state index is 14.1. The standard InChI is InChI=1S/C29H32FN5O3.ClH/c1-34-16-11-22(12-17-34)38-26-19-21(35-14-4-5-15-35)8-9-23(26)28(36)32-25-10-7-20(30)18-24(25)29(37)33-27-6-2-3-13-31-27;/h2-3,6-10,13,18-19,22H,4-5,11-12,14-17H2,1H3,(H,32,36)(H,31,33,37);1H. The topological polar surface area (TPSA) is 86.8 Å². The molecule has 0 atom stereocenters. The second kappa shape index (κ2) is 12.9. The molecule has 0 saturated carbocycles. The molecule has 0 radical (unpaired) electrons. The molecule has 1 aromatic heterocycles. The first-order valence-electron chi connectivity index (χ1n) is 13.0. The summed E-state index contributed by atoms with van der Waals surface area (Å²) >= 11 is 0. The number of hydrogen-bond acceptors (Lipinski definition) is 6. The summed E-state index contributed by atoms with van der Waals surface area (Å²) < 4.78 is 20.5. The molecule has 2 aromatic carbocycles. The minimum atomic E-state index is -0.588. The molecule has 3 heterocycles. The van der Waals surface area contributed by atoms with Crippen molar-refractivity contribution in [3.63, 3.8) is 0 Å². The number of likely N-dealkylation sites (tertiary alicyclic amines) is 1. The summed E-state index contributed by atoms with van der Waals surface area (Å²) in [7, 11) is 2.09. The summed E-state index contributed by atoms with van der Waals surface area (Å²) in [5.41, 5.74) is 1.58. The normalized spacial score (nSPS) is 15.9. The lowest BCUT2D eigenvalue weighted by Gasteiger charge is -2.30. The average molecular weight is 554 g/mol. The fraction of sp³-hybridized carbons (Fsp3) is 0.345. The highest BCUT2D eigenvalue weighted by Gasteiger charge is 2.24. The van der Waals surface area contributed by atoms with Crippen molar-refractivity contribution in [2.24, 2.45) is 0 Å². The zero-order valence-electron chi connectivity index (χ0n) is 21.9. The maximum Gasteiger partial charge on any atom is 0.259 e. The van der Waals surface area contributed by atoms with E-state index in [2.05, 4.69) is 32.5 Å². The Bertz CT molecular complexity index is 1300. The van der Waals surface area contributed by atoms with Crippen LogP contribution >= 0.6 is 12.4 Å². The first-order valence-corrected chi connectivity index (χ1v) is 13.0. The van der Waals surface area contributed by atoms with Gasteiger partial charge in [0.2, 0.25) is 0 Å². The molecule has 0 unspecified atom stereocenters. The van der Waals surface area contributed by atoms with Gasteiger partial charge in [-0.1, -0.05) is 6.07 Å². The van der Waals surface area contributed by atoms with Crippen LogP contribution in [0.3, 0.4) is 0 Å². The molecule has 8 nitrogen and oxygen atoms in total. The highest BCUT2D eigenvalue weighted by atomic mass is 35.5. The Morgan fingerprint density at radius 2 is 1.67 bits per heavy atom. The van der Waals surface area contributed by atoms with E-state index in [0.717, 1.165) is 63.6 Å². The third kappa shape index (κ3) is 7.04. The van der Waals surface area contributed by atoms with E-state index in [1.165, 1.54) is 12.1 Å². The summed E-state index contributed by atoms with van der Waals surface area (Å²) in [6.45, 7) is 3.82. The quantitative estimate of drug-likeness (QED) is 0.417. The molecular formula is C29H33ClFN5O3. The molecular weight excluding hydrogens is 521 g/mol. The number of carbonyl (C=O) groups is 2. The summed E-state index contributed by atoms with van der Waals surface area (Å²) in [6, 6.07) is 14.4. The van der Waals surface area contributed by atoms with Crippen molar-refractivity contribution < 1.29 is 18.7 Å². The molecule has 5 rings (SSSR count). The number of carbonyl (C=O) groups excluding carboxylic acids is 2. The van der Waals surface area contributed by atoms with Crippen LogP contribution in [0.1, 0.15) is 46.4 Å². The van der Waals surface area contributed by atoms with Gasteiger partial charge in [-0.15, -0.1) is 12.4 Å². The zero-order chi connectivity index (χ0) is 26.5. The first kappa shape index (κ1) is 28.3. The van der Waals surface area contributed by atoms with Crippen LogP contribution in [0.2, 0.25) is 0 Å². The minimum absolute atomic E-state index is 0. The van der Waals surface area contributed by atoms with Gasteiger partial charge in [-0.2, -0.15) is 0 Å². The SMILES string of the molecule is CN1CCC(Oc2cc(N3CCCC3)ccc2C(=O)Nc2ccc(F)cc2C(=O)Nc2ccccn2)CC1.Cl. The van der Waals surface area contributed by atoms with Crippen LogP contribution in [0.4, 0.5) is 21.6 Å². The Morgan fingerprint density at radius 1 is 0.923 bits per heavy atom. The summed E-state index contributed by atoms with van der Waals surface area (Å²) in [5, 5.41) is 5.45. The lowest BCUT2D eigenvalue weighted by molar-refractivity contribution is 0.0989. The third-order valence-electron chi connectivity index (χ3n) is 7.02. The lowest BCUT2D eigenvalue weighted by atomic mass is 10.1. The summed E-state index contributed by atoms with van der Waals surface area (Å²) in [4.78, 5) is 35.1. The fourth-order valence-corrected chi connectivity index (χ4v) is 4.87. The van der Waals surface area contributed by atoms with Crippen LogP contribution in [0.15, 0.2) is 60.8 Å². The number of rotatable bonds is 7. The number of piperidine rings is 1. The smallest absolute Gasteiger partial charge is 0.259 e. The molecule has 0 bridgehead atoms. The van der Waals surface area contributed by atoms with E-state index in [-0.39, 0.29) is 29.8 Å². The van der Waals surface area contributed by atoms with Crippen molar-refractivity contribution >= 4 is 41.4 Å². The number of nitrogens with zero attached hydrogens (tertiary/aromatic N) is 3. The highest BCUT2D eigenvalue weighted by molar-refractivity contribution is 6.13. The van der Waals surface area contributed by atoms with Gasteiger partial charge in [0, 0.05) is 44.1 Å². The Labute approximate surface area is 234 Å². The summed E-state index contributed by atoms with van der Waals surface area (Å²) in [5.74, 6) is -0.756. The van der Waals surface area contributed by atoms with Gasteiger partial charge in [-0.25, -0.2) is 9.37 Å². The van der Waals surface area contributed by atoms with Crippen LogP contribution in [0, 0.1) is 5.82 Å². The van der Waals surface area contributed by atoms with E-state index < -0.39 is 17.6 Å². The van der Waals surface area contributed by atoms with E-state index in [1.807, 2.05) is 12.1 Å². The summed E-state index contributed by atoms with van der Waals surface area (Å²) in [6.07, 6.45) is 5.59. The van der Waals surface area contributed by atoms with Gasteiger partial charge in [-0.3, -0.25) is 9.59 Å². The number of amides is 2. The van der Waals surface area contributed by atoms with Gasteiger partial charge < -0.3 is 25.2 Å². The molecule has 0 aliphatic carbocycles. The second-order valence-electron chi connectivity index (χ2n) is 9.81. The molecule has 206 valence electrons. The predicted octanol–water partition coefficient (Wildman–Crippen LogP) is 5.22. The van der Waals surface area contributed by atoms with E-state index in [4.69, 9.17) is 4.74 Å². The highest BCUT2D eigenvalue weighted by Crippen LogP contribution is 2.31.